The molecule has 7 heteroatoms. The molecule has 1 rings (SSSR count). The van der Waals surface area contributed by atoms with E-state index in [9.17, 15) is 17.6 Å². The Hall–Kier alpha value is -1.34. The molecule has 0 aromatic heterocycles. The van der Waals surface area contributed by atoms with Crippen LogP contribution in [0, 0.1) is 5.82 Å². The van der Waals surface area contributed by atoms with Gasteiger partial charge in [0.05, 0.1) is 0 Å². The lowest BCUT2D eigenvalue weighted by Crippen LogP contribution is -2.34. The van der Waals surface area contributed by atoms with Crippen LogP contribution >= 0.6 is 0 Å². The molecule has 0 aliphatic carbocycles. The van der Waals surface area contributed by atoms with Crippen LogP contribution in [0.1, 0.15) is 19.4 Å². The lowest BCUT2D eigenvalue weighted by atomic mass is 10.2. The molecule has 0 bridgehead atoms. The molecule has 114 valence electrons. The summed E-state index contributed by atoms with van der Waals surface area (Å²) in [6.45, 7) is 3.23. The maximum Gasteiger partial charge on any atom is 0.417 e. The summed E-state index contributed by atoms with van der Waals surface area (Å²) in [5.74, 6) is -0.654. The standard InChI is InChI=1S/C13H17F4NO2/c1-8(2)18-6-9-3-10(14)5-11(4-9)20-7-12(19)13(15,16)17/h3-5,8,12,18-19H,6-7H2,1-2H3. The van der Waals surface area contributed by atoms with Gasteiger partial charge >= 0.3 is 6.18 Å². The first-order valence-corrected chi connectivity index (χ1v) is 6.09. The van der Waals surface area contributed by atoms with Gasteiger partial charge in [-0.2, -0.15) is 13.2 Å². The van der Waals surface area contributed by atoms with E-state index in [0.717, 1.165) is 6.07 Å². The van der Waals surface area contributed by atoms with E-state index in [-0.39, 0.29) is 11.8 Å². The van der Waals surface area contributed by atoms with Crippen molar-refractivity contribution in [2.24, 2.45) is 0 Å². The number of ether oxygens (including phenoxy) is 1. The second kappa shape index (κ2) is 6.90. The first-order chi connectivity index (χ1) is 9.18. The minimum atomic E-state index is -4.75. The Balaban J connectivity index is 2.66. The van der Waals surface area contributed by atoms with Crippen molar-refractivity contribution >= 4 is 0 Å². The Kier molecular flexibility index (Phi) is 5.76. The maximum absolute atomic E-state index is 13.3. The van der Waals surface area contributed by atoms with Gasteiger partial charge in [0.25, 0.3) is 0 Å². The molecular formula is C13H17F4NO2. The fourth-order valence-electron chi connectivity index (χ4n) is 1.40. The smallest absolute Gasteiger partial charge is 0.417 e. The van der Waals surface area contributed by atoms with Crippen LogP contribution < -0.4 is 10.1 Å². The first-order valence-electron chi connectivity index (χ1n) is 6.09. The van der Waals surface area contributed by atoms with Crippen LogP contribution in [-0.4, -0.2) is 30.0 Å². The molecular weight excluding hydrogens is 278 g/mol. The van der Waals surface area contributed by atoms with Crippen LogP contribution in [0.3, 0.4) is 0 Å². The van der Waals surface area contributed by atoms with Crippen LogP contribution in [0.2, 0.25) is 0 Å². The fourth-order valence-corrected chi connectivity index (χ4v) is 1.40. The summed E-state index contributed by atoms with van der Waals surface area (Å²) >= 11 is 0. The largest absolute Gasteiger partial charge is 0.490 e. The summed E-state index contributed by atoms with van der Waals surface area (Å²) in [5.41, 5.74) is 0.551. The molecule has 0 amide bonds. The van der Waals surface area contributed by atoms with Crippen LogP contribution in [-0.2, 0) is 6.54 Å². The quantitative estimate of drug-likeness (QED) is 0.793. The van der Waals surface area contributed by atoms with Gasteiger partial charge in [0.2, 0.25) is 0 Å². The Labute approximate surface area is 114 Å². The van der Waals surface area contributed by atoms with Crippen molar-refractivity contribution in [1.29, 1.82) is 0 Å². The third kappa shape index (κ3) is 5.75. The number of benzene rings is 1. The van der Waals surface area contributed by atoms with Crippen LogP contribution in [0.25, 0.3) is 0 Å². The average molecular weight is 295 g/mol. The highest BCUT2D eigenvalue weighted by atomic mass is 19.4. The molecule has 1 unspecified atom stereocenters. The molecule has 3 nitrogen and oxygen atoms in total. The molecule has 0 aliphatic rings. The van der Waals surface area contributed by atoms with Crippen molar-refractivity contribution in [1.82, 2.24) is 5.32 Å². The van der Waals surface area contributed by atoms with Crippen molar-refractivity contribution in [2.75, 3.05) is 6.61 Å². The number of alkyl halides is 3. The van der Waals surface area contributed by atoms with E-state index in [0.29, 0.717) is 12.1 Å². The van der Waals surface area contributed by atoms with E-state index >= 15 is 0 Å². The van der Waals surface area contributed by atoms with Crippen molar-refractivity contribution in [3.8, 4) is 5.75 Å². The second-order valence-corrected chi connectivity index (χ2v) is 4.70. The topological polar surface area (TPSA) is 41.5 Å². The molecule has 0 fully saturated rings. The Morgan fingerprint density at radius 1 is 1.25 bits per heavy atom. The summed E-state index contributed by atoms with van der Waals surface area (Å²) < 4.78 is 54.4. The molecule has 20 heavy (non-hydrogen) atoms. The van der Waals surface area contributed by atoms with Crippen molar-refractivity contribution in [3.63, 3.8) is 0 Å². The molecule has 0 saturated carbocycles. The number of aliphatic hydroxyl groups excluding tert-OH is 1. The zero-order chi connectivity index (χ0) is 15.3. The number of nitrogens with one attached hydrogen (secondary N) is 1. The Morgan fingerprint density at radius 3 is 2.45 bits per heavy atom. The van der Waals surface area contributed by atoms with Gasteiger partial charge in [0.1, 0.15) is 18.2 Å². The highest BCUT2D eigenvalue weighted by Gasteiger charge is 2.38. The summed E-state index contributed by atoms with van der Waals surface area (Å²) in [6.07, 6.45) is -7.35. The monoisotopic (exact) mass is 295 g/mol. The first kappa shape index (κ1) is 16.7. The van der Waals surface area contributed by atoms with Gasteiger partial charge in [-0.25, -0.2) is 4.39 Å². The maximum atomic E-state index is 13.3. The second-order valence-electron chi connectivity index (χ2n) is 4.70. The van der Waals surface area contributed by atoms with Gasteiger partial charge in [0, 0.05) is 18.7 Å². The van der Waals surface area contributed by atoms with E-state index in [4.69, 9.17) is 9.84 Å². The zero-order valence-electron chi connectivity index (χ0n) is 11.2. The minimum Gasteiger partial charge on any atom is -0.490 e. The molecule has 0 heterocycles. The zero-order valence-corrected chi connectivity index (χ0v) is 11.2. The molecule has 1 atom stereocenters. The van der Waals surface area contributed by atoms with Crippen molar-refractivity contribution < 1.29 is 27.4 Å². The Bertz CT molecular complexity index is 435. The highest BCUT2D eigenvalue weighted by molar-refractivity contribution is 5.29. The summed E-state index contributed by atoms with van der Waals surface area (Å²) in [5, 5.41) is 11.9. The van der Waals surface area contributed by atoms with E-state index in [1.165, 1.54) is 12.1 Å². The summed E-state index contributed by atoms with van der Waals surface area (Å²) in [6, 6.07) is 3.86. The van der Waals surface area contributed by atoms with Crippen LogP contribution in [0.15, 0.2) is 18.2 Å². The van der Waals surface area contributed by atoms with E-state index < -0.39 is 24.7 Å². The molecule has 0 spiro atoms. The van der Waals surface area contributed by atoms with Crippen molar-refractivity contribution in [2.45, 2.75) is 38.7 Å². The number of halogens is 4. The Morgan fingerprint density at radius 2 is 1.90 bits per heavy atom. The van der Waals surface area contributed by atoms with Gasteiger partial charge in [-0.3, -0.25) is 0 Å². The van der Waals surface area contributed by atoms with Gasteiger partial charge in [-0.15, -0.1) is 0 Å². The van der Waals surface area contributed by atoms with Crippen LogP contribution in [0.4, 0.5) is 17.6 Å². The number of hydrogen-bond acceptors (Lipinski definition) is 3. The molecule has 0 radical (unpaired) electrons. The van der Waals surface area contributed by atoms with Gasteiger partial charge in [0.15, 0.2) is 6.10 Å². The molecule has 1 aromatic carbocycles. The van der Waals surface area contributed by atoms with Crippen LogP contribution in [0.5, 0.6) is 5.75 Å². The van der Waals surface area contributed by atoms with E-state index in [1.807, 2.05) is 13.8 Å². The van der Waals surface area contributed by atoms with Gasteiger partial charge in [-0.05, 0) is 17.7 Å². The highest BCUT2D eigenvalue weighted by Crippen LogP contribution is 2.22. The predicted octanol–water partition coefficient (Wildman–Crippen LogP) is 2.63. The number of aliphatic hydroxyl groups is 1. The molecule has 0 saturated heterocycles. The average Bonchev–Trinajstić information content (AvgIpc) is 2.31. The number of rotatable bonds is 6. The normalized spacial score (nSPS) is 13.6. The third-order valence-electron chi connectivity index (χ3n) is 2.43. The van der Waals surface area contributed by atoms with E-state index in [1.54, 1.807) is 0 Å². The lowest BCUT2D eigenvalue weighted by molar-refractivity contribution is -0.210. The lowest BCUT2D eigenvalue weighted by Gasteiger charge is -2.16. The van der Waals surface area contributed by atoms with Gasteiger partial charge < -0.3 is 15.2 Å². The fraction of sp³-hybridized carbons (Fsp3) is 0.538. The SMILES string of the molecule is CC(C)NCc1cc(F)cc(OCC(O)C(F)(F)F)c1. The summed E-state index contributed by atoms with van der Waals surface area (Å²) in [7, 11) is 0. The third-order valence-corrected chi connectivity index (χ3v) is 2.43. The minimum absolute atomic E-state index is 0.0474. The number of hydrogen-bond donors (Lipinski definition) is 2. The summed E-state index contributed by atoms with van der Waals surface area (Å²) in [4.78, 5) is 0. The van der Waals surface area contributed by atoms with Gasteiger partial charge in [-0.1, -0.05) is 13.8 Å². The molecule has 2 N–H and O–H groups in total. The van der Waals surface area contributed by atoms with Crippen molar-refractivity contribution in [3.05, 3.63) is 29.6 Å². The van der Waals surface area contributed by atoms with E-state index in [2.05, 4.69) is 5.32 Å². The molecule has 0 aliphatic heterocycles. The predicted molar refractivity (Wildman–Crippen MR) is 65.9 cm³/mol. The molecule has 1 aromatic rings.